The lowest BCUT2D eigenvalue weighted by atomic mass is 10.1. The molecule has 2 atom stereocenters. The van der Waals surface area contributed by atoms with Crippen LogP contribution in [0, 0.1) is 21.7 Å². The summed E-state index contributed by atoms with van der Waals surface area (Å²) in [7, 11) is -1.55. The SMILES string of the molecule is CC(c1c(F)cccc1F)S(=O)CCn1cc([N+](=O)[O-])cn1. The number of aryl methyl sites for hydroxylation is 1. The van der Waals surface area contributed by atoms with Crippen molar-refractivity contribution >= 4 is 16.5 Å². The number of nitrogens with zero attached hydrogens (tertiary/aromatic N) is 3. The van der Waals surface area contributed by atoms with Gasteiger partial charge < -0.3 is 0 Å². The molecule has 1 aromatic carbocycles. The van der Waals surface area contributed by atoms with Gasteiger partial charge in [0.15, 0.2) is 0 Å². The smallest absolute Gasteiger partial charge is 0.265 e. The van der Waals surface area contributed by atoms with Crippen LogP contribution in [-0.2, 0) is 17.3 Å². The molecule has 0 fully saturated rings. The molecule has 0 N–H and O–H groups in total. The monoisotopic (exact) mass is 329 g/mol. The summed E-state index contributed by atoms with van der Waals surface area (Å²) in [6.07, 6.45) is 2.30. The van der Waals surface area contributed by atoms with Crippen LogP contribution in [0.15, 0.2) is 30.6 Å². The highest BCUT2D eigenvalue weighted by Crippen LogP contribution is 2.25. The Bertz CT molecular complexity index is 700. The Morgan fingerprint density at radius 2 is 2.05 bits per heavy atom. The third kappa shape index (κ3) is 3.53. The molecule has 2 aromatic rings. The Morgan fingerprint density at radius 3 is 2.59 bits per heavy atom. The number of benzene rings is 1. The standard InChI is InChI=1S/C13H13F2N3O3S/c1-9(13-11(14)3-2-4-12(13)15)22(21)6-5-17-8-10(7-16-17)18(19)20/h2-4,7-9H,5-6H2,1H3. The van der Waals surface area contributed by atoms with Crippen LogP contribution in [0.5, 0.6) is 0 Å². The van der Waals surface area contributed by atoms with E-state index in [1.54, 1.807) is 0 Å². The first-order valence-corrected chi connectivity index (χ1v) is 7.76. The third-order valence-corrected chi connectivity index (χ3v) is 4.76. The normalized spacial score (nSPS) is 13.8. The Kier molecular flexibility index (Phi) is 4.96. The lowest BCUT2D eigenvalue weighted by Gasteiger charge is -2.13. The molecule has 0 aliphatic carbocycles. The summed E-state index contributed by atoms with van der Waals surface area (Å²) in [5, 5.41) is 13.5. The number of nitro groups is 1. The van der Waals surface area contributed by atoms with E-state index in [1.807, 2.05) is 0 Å². The molecule has 0 saturated carbocycles. The van der Waals surface area contributed by atoms with Crippen molar-refractivity contribution in [2.24, 2.45) is 0 Å². The van der Waals surface area contributed by atoms with Crippen LogP contribution in [0.3, 0.4) is 0 Å². The summed E-state index contributed by atoms with van der Waals surface area (Å²) >= 11 is 0. The van der Waals surface area contributed by atoms with Crippen LogP contribution >= 0.6 is 0 Å². The number of aromatic nitrogens is 2. The Balaban J connectivity index is 2.04. The molecular weight excluding hydrogens is 316 g/mol. The van der Waals surface area contributed by atoms with Crippen LogP contribution in [0.4, 0.5) is 14.5 Å². The van der Waals surface area contributed by atoms with Gasteiger partial charge in [0.2, 0.25) is 0 Å². The first-order chi connectivity index (χ1) is 10.4. The minimum atomic E-state index is -1.55. The average molecular weight is 329 g/mol. The second kappa shape index (κ2) is 6.73. The topological polar surface area (TPSA) is 78.0 Å². The van der Waals surface area contributed by atoms with E-state index >= 15 is 0 Å². The number of hydrogen-bond acceptors (Lipinski definition) is 4. The largest absolute Gasteiger partial charge is 0.306 e. The molecule has 9 heteroatoms. The fourth-order valence-corrected chi connectivity index (χ4v) is 3.17. The number of rotatable bonds is 6. The Labute approximate surface area is 127 Å². The average Bonchev–Trinajstić information content (AvgIpc) is 2.93. The van der Waals surface area contributed by atoms with Gasteiger partial charge in [0, 0.05) is 22.1 Å². The maximum absolute atomic E-state index is 13.6. The van der Waals surface area contributed by atoms with Gasteiger partial charge in [0.1, 0.15) is 24.0 Å². The third-order valence-electron chi connectivity index (χ3n) is 3.15. The fraction of sp³-hybridized carbons (Fsp3) is 0.308. The first kappa shape index (κ1) is 16.2. The molecule has 1 aromatic heterocycles. The van der Waals surface area contributed by atoms with E-state index in [-0.39, 0.29) is 23.5 Å². The molecule has 0 aliphatic heterocycles. The molecule has 0 amide bonds. The highest BCUT2D eigenvalue weighted by atomic mass is 32.2. The van der Waals surface area contributed by atoms with Gasteiger partial charge in [0.25, 0.3) is 0 Å². The van der Waals surface area contributed by atoms with Crippen molar-refractivity contribution in [3.8, 4) is 0 Å². The molecule has 0 bridgehead atoms. The van der Waals surface area contributed by atoms with Crippen LogP contribution in [0.2, 0.25) is 0 Å². The van der Waals surface area contributed by atoms with Gasteiger partial charge in [-0.1, -0.05) is 6.07 Å². The second-order valence-electron chi connectivity index (χ2n) is 4.58. The van der Waals surface area contributed by atoms with Gasteiger partial charge in [-0.3, -0.25) is 19.0 Å². The molecule has 0 aliphatic rings. The van der Waals surface area contributed by atoms with E-state index < -0.39 is 32.6 Å². The zero-order valence-corrected chi connectivity index (χ0v) is 12.4. The van der Waals surface area contributed by atoms with Gasteiger partial charge in [-0.05, 0) is 19.1 Å². The van der Waals surface area contributed by atoms with Crippen molar-refractivity contribution in [1.82, 2.24) is 9.78 Å². The predicted octanol–water partition coefficient (Wildman–Crippen LogP) is 2.58. The van der Waals surface area contributed by atoms with Crippen LogP contribution in [0.1, 0.15) is 17.7 Å². The van der Waals surface area contributed by atoms with Gasteiger partial charge in [-0.2, -0.15) is 5.10 Å². The van der Waals surface area contributed by atoms with E-state index in [0.717, 1.165) is 18.3 Å². The van der Waals surface area contributed by atoms with Crippen LogP contribution < -0.4 is 0 Å². The summed E-state index contributed by atoms with van der Waals surface area (Å²) in [4.78, 5) is 9.94. The molecule has 1 heterocycles. The molecule has 0 radical (unpaired) electrons. The second-order valence-corrected chi connectivity index (χ2v) is 6.46. The lowest BCUT2D eigenvalue weighted by molar-refractivity contribution is -0.385. The van der Waals surface area contributed by atoms with Crippen LogP contribution in [0.25, 0.3) is 0 Å². The van der Waals surface area contributed by atoms with Crippen molar-refractivity contribution < 1.29 is 17.9 Å². The molecule has 2 unspecified atom stereocenters. The summed E-state index contributed by atoms with van der Waals surface area (Å²) in [5.41, 5.74) is -0.383. The predicted molar refractivity (Wildman–Crippen MR) is 76.7 cm³/mol. The highest BCUT2D eigenvalue weighted by molar-refractivity contribution is 7.85. The Hall–Kier alpha value is -2.16. The maximum atomic E-state index is 13.6. The van der Waals surface area contributed by atoms with Gasteiger partial charge in [-0.25, -0.2) is 8.78 Å². The summed E-state index contributed by atoms with van der Waals surface area (Å²) in [6, 6.07) is 3.47. The summed E-state index contributed by atoms with van der Waals surface area (Å²) < 4.78 is 40.7. The highest BCUT2D eigenvalue weighted by Gasteiger charge is 2.21. The molecule has 118 valence electrons. The van der Waals surface area contributed by atoms with E-state index in [0.29, 0.717) is 0 Å². The number of hydrogen-bond donors (Lipinski definition) is 0. The Morgan fingerprint density at radius 1 is 1.41 bits per heavy atom. The van der Waals surface area contributed by atoms with Gasteiger partial charge >= 0.3 is 5.69 Å². The molecule has 0 spiro atoms. The van der Waals surface area contributed by atoms with Crippen molar-refractivity contribution in [2.45, 2.75) is 18.7 Å². The van der Waals surface area contributed by atoms with E-state index in [1.165, 1.54) is 23.9 Å². The van der Waals surface area contributed by atoms with E-state index in [9.17, 15) is 23.1 Å². The van der Waals surface area contributed by atoms with Crippen molar-refractivity contribution in [2.75, 3.05) is 5.75 Å². The fourth-order valence-electron chi connectivity index (χ4n) is 1.96. The summed E-state index contributed by atoms with van der Waals surface area (Å²) in [6.45, 7) is 1.63. The molecular formula is C13H13F2N3O3S. The van der Waals surface area contributed by atoms with E-state index in [4.69, 9.17) is 0 Å². The minimum Gasteiger partial charge on any atom is -0.265 e. The molecule has 22 heavy (non-hydrogen) atoms. The molecule has 6 nitrogen and oxygen atoms in total. The van der Waals surface area contributed by atoms with Gasteiger partial charge in [-0.15, -0.1) is 0 Å². The number of halogens is 2. The van der Waals surface area contributed by atoms with Crippen molar-refractivity contribution in [3.63, 3.8) is 0 Å². The minimum absolute atomic E-state index is 0.0772. The zero-order chi connectivity index (χ0) is 16.3. The first-order valence-electron chi connectivity index (χ1n) is 6.38. The maximum Gasteiger partial charge on any atom is 0.306 e. The van der Waals surface area contributed by atoms with Crippen LogP contribution in [-0.4, -0.2) is 24.7 Å². The lowest BCUT2D eigenvalue weighted by Crippen LogP contribution is -2.14. The molecule has 0 saturated heterocycles. The quantitative estimate of drug-likeness (QED) is 0.603. The van der Waals surface area contributed by atoms with Crippen molar-refractivity contribution in [1.29, 1.82) is 0 Å². The molecule has 2 rings (SSSR count). The van der Waals surface area contributed by atoms with E-state index in [2.05, 4.69) is 5.10 Å². The summed E-state index contributed by atoms with van der Waals surface area (Å²) in [5.74, 6) is -1.40. The zero-order valence-electron chi connectivity index (χ0n) is 11.6. The van der Waals surface area contributed by atoms with Gasteiger partial charge in [0.05, 0.1) is 16.7 Å². The van der Waals surface area contributed by atoms with Crippen molar-refractivity contribution in [3.05, 3.63) is 57.9 Å².